The van der Waals surface area contributed by atoms with Crippen LogP contribution in [0.15, 0.2) is 36.4 Å². The van der Waals surface area contributed by atoms with Crippen molar-refractivity contribution in [3.8, 4) is 17.2 Å². The molecule has 130 valence electrons. The molecule has 2 aliphatic rings. The number of hydrogen-bond acceptors (Lipinski definition) is 5. The third-order valence-corrected chi connectivity index (χ3v) is 4.72. The summed E-state index contributed by atoms with van der Waals surface area (Å²) < 4.78 is 16.3. The standard InChI is InChI=1S/C20H21NO4/c1-23-17-4-2-15-12-21(13-16(15)10-17)7-6-18(22)14-3-5-19-20(11-14)25-9-8-24-19/h2-5,10-11H,6-9,12-13H2,1H3. The lowest BCUT2D eigenvalue weighted by Gasteiger charge is -2.19. The Balaban J connectivity index is 1.36. The van der Waals surface area contributed by atoms with Crippen LogP contribution in [-0.2, 0) is 13.1 Å². The summed E-state index contributed by atoms with van der Waals surface area (Å²) in [7, 11) is 1.68. The highest BCUT2D eigenvalue weighted by molar-refractivity contribution is 5.96. The largest absolute Gasteiger partial charge is 0.497 e. The molecule has 0 saturated heterocycles. The summed E-state index contributed by atoms with van der Waals surface area (Å²) in [5.41, 5.74) is 3.28. The molecule has 2 aliphatic heterocycles. The molecule has 4 rings (SSSR count). The molecule has 0 spiro atoms. The fraction of sp³-hybridized carbons (Fsp3) is 0.350. The van der Waals surface area contributed by atoms with E-state index in [-0.39, 0.29) is 5.78 Å². The van der Waals surface area contributed by atoms with E-state index in [4.69, 9.17) is 14.2 Å². The van der Waals surface area contributed by atoms with Gasteiger partial charge in [0.05, 0.1) is 7.11 Å². The van der Waals surface area contributed by atoms with E-state index in [1.807, 2.05) is 18.2 Å². The summed E-state index contributed by atoms with van der Waals surface area (Å²) in [4.78, 5) is 14.8. The fourth-order valence-corrected chi connectivity index (χ4v) is 3.35. The molecule has 0 amide bonds. The first kappa shape index (κ1) is 16.0. The van der Waals surface area contributed by atoms with Gasteiger partial charge in [-0.15, -0.1) is 0 Å². The van der Waals surface area contributed by atoms with Crippen LogP contribution in [0.25, 0.3) is 0 Å². The minimum Gasteiger partial charge on any atom is -0.497 e. The Morgan fingerprint density at radius 3 is 2.68 bits per heavy atom. The van der Waals surface area contributed by atoms with Crippen LogP contribution < -0.4 is 14.2 Å². The molecule has 2 aromatic carbocycles. The Morgan fingerprint density at radius 1 is 1.04 bits per heavy atom. The van der Waals surface area contributed by atoms with Gasteiger partial charge in [0.2, 0.25) is 0 Å². The molecule has 2 aromatic rings. The van der Waals surface area contributed by atoms with Crippen molar-refractivity contribution in [2.45, 2.75) is 19.5 Å². The van der Waals surface area contributed by atoms with E-state index in [1.165, 1.54) is 11.1 Å². The lowest BCUT2D eigenvalue weighted by Crippen LogP contribution is -2.20. The average molecular weight is 339 g/mol. The molecule has 0 unspecified atom stereocenters. The third-order valence-electron chi connectivity index (χ3n) is 4.72. The van der Waals surface area contributed by atoms with Crippen molar-refractivity contribution < 1.29 is 19.0 Å². The van der Waals surface area contributed by atoms with Crippen molar-refractivity contribution in [1.82, 2.24) is 4.90 Å². The number of hydrogen-bond donors (Lipinski definition) is 0. The minimum atomic E-state index is 0.130. The van der Waals surface area contributed by atoms with Crippen molar-refractivity contribution in [2.75, 3.05) is 26.9 Å². The Kier molecular flexibility index (Phi) is 4.32. The van der Waals surface area contributed by atoms with Gasteiger partial charge >= 0.3 is 0 Å². The van der Waals surface area contributed by atoms with Crippen LogP contribution in [0.3, 0.4) is 0 Å². The van der Waals surface area contributed by atoms with Gasteiger partial charge in [0.1, 0.15) is 19.0 Å². The SMILES string of the molecule is COc1ccc2c(c1)CN(CCC(=O)c1ccc3c(c1)OCCO3)C2. The van der Waals surface area contributed by atoms with Crippen molar-refractivity contribution >= 4 is 5.78 Å². The third kappa shape index (κ3) is 3.33. The molecule has 0 aromatic heterocycles. The summed E-state index contributed by atoms with van der Waals surface area (Å²) in [6.07, 6.45) is 0.491. The number of nitrogens with zero attached hydrogens (tertiary/aromatic N) is 1. The lowest BCUT2D eigenvalue weighted by atomic mass is 10.1. The van der Waals surface area contributed by atoms with Gasteiger partial charge in [-0.2, -0.15) is 0 Å². The van der Waals surface area contributed by atoms with E-state index >= 15 is 0 Å². The fourth-order valence-electron chi connectivity index (χ4n) is 3.35. The normalized spacial score (nSPS) is 15.7. The summed E-state index contributed by atoms with van der Waals surface area (Å²) >= 11 is 0. The Labute approximate surface area is 147 Å². The van der Waals surface area contributed by atoms with E-state index < -0.39 is 0 Å². The minimum absolute atomic E-state index is 0.130. The van der Waals surface area contributed by atoms with Crippen LogP contribution in [0.2, 0.25) is 0 Å². The summed E-state index contributed by atoms with van der Waals surface area (Å²) in [6.45, 7) is 3.57. The van der Waals surface area contributed by atoms with E-state index in [0.717, 1.165) is 25.4 Å². The number of fused-ring (bicyclic) bond motifs is 2. The Hall–Kier alpha value is -2.53. The first-order valence-electron chi connectivity index (χ1n) is 8.54. The Morgan fingerprint density at radius 2 is 1.84 bits per heavy atom. The highest BCUT2D eigenvalue weighted by Crippen LogP contribution is 2.31. The van der Waals surface area contributed by atoms with Gasteiger partial charge < -0.3 is 14.2 Å². The van der Waals surface area contributed by atoms with E-state index in [0.29, 0.717) is 36.7 Å². The number of carbonyl (C=O) groups excluding carboxylic acids is 1. The molecule has 2 heterocycles. The van der Waals surface area contributed by atoms with Crippen molar-refractivity contribution in [3.63, 3.8) is 0 Å². The topological polar surface area (TPSA) is 48.0 Å². The Bertz CT molecular complexity index is 802. The zero-order valence-corrected chi connectivity index (χ0v) is 14.3. The molecule has 0 atom stereocenters. The van der Waals surface area contributed by atoms with Gasteiger partial charge in [-0.25, -0.2) is 0 Å². The first-order valence-corrected chi connectivity index (χ1v) is 8.54. The van der Waals surface area contributed by atoms with Crippen LogP contribution in [0.4, 0.5) is 0 Å². The van der Waals surface area contributed by atoms with Gasteiger partial charge in [0.25, 0.3) is 0 Å². The highest BCUT2D eigenvalue weighted by Gasteiger charge is 2.21. The summed E-state index contributed by atoms with van der Waals surface area (Å²) in [6, 6.07) is 11.6. The molecule has 0 saturated carbocycles. The first-order chi connectivity index (χ1) is 12.2. The quantitative estimate of drug-likeness (QED) is 0.784. The predicted octanol–water partition coefficient (Wildman–Crippen LogP) is 3.06. The maximum atomic E-state index is 12.5. The molecule has 0 aliphatic carbocycles. The number of ether oxygens (including phenoxy) is 3. The van der Waals surface area contributed by atoms with Gasteiger partial charge in [-0.1, -0.05) is 6.07 Å². The molecule has 5 heteroatoms. The number of Topliss-reactive ketones (excluding diaryl/α,β-unsaturated/α-hetero) is 1. The molecule has 0 fully saturated rings. The smallest absolute Gasteiger partial charge is 0.164 e. The molecule has 0 radical (unpaired) electrons. The van der Waals surface area contributed by atoms with Crippen LogP contribution >= 0.6 is 0 Å². The van der Waals surface area contributed by atoms with E-state index in [1.54, 1.807) is 13.2 Å². The van der Waals surface area contributed by atoms with E-state index in [2.05, 4.69) is 17.0 Å². The second-order valence-electron chi connectivity index (χ2n) is 6.38. The van der Waals surface area contributed by atoms with Crippen molar-refractivity contribution in [2.24, 2.45) is 0 Å². The number of rotatable bonds is 5. The summed E-state index contributed by atoms with van der Waals surface area (Å²) in [5, 5.41) is 0. The van der Waals surface area contributed by atoms with Crippen molar-refractivity contribution in [1.29, 1.82) is 0 Å². The highest BCUT2D eigenvalue weighted by atomic mass is 16.6. The monoisotopic (exact) mass is 339 g/mol. The second kappa shape index (κ2) is 6.76. The molecule has 0 N–H and O–H groups in total. The molecule has 5 nitrogen and oxygen atoms in total. The van der Waals surface area contributed by atoms with Gasteiger partial charge in [0, 0.05) is 31.6 Å². The van der Waals surface area contributed by atoms with Gasteiger partial charge in [0.15, 0.2) is 17.3 Å². The molecular weight excluding hydrogens is 318 g/mol. The maximum absolute atomic E-state index is 12.5. The zero-order valence-electron chi connectivity index (χ0n) is 14.3. The van der Waals surface area contributed by atoms with Crippen molar-refractivity contribution in [3.05, 3.63) is 53.1 Å². The van der Waals surface area contributed by atoms with Crippen LogP contribution in [0.5, 0.6) is 17.2 Å². The zero-order chi connectivity index (χ0) is 17.2. The number of benzene rings is 2. The second-order valence-corrected chi connectivity index (χ2v) is 6.38. The molecular formula is C20H21NO4. The molecule has 25 heavy (non-hydrogen) atoms. The average Bonchev–Trinajstić information content (AvgIpc) is 3.07. The van der Waals surface area contributed by atoms with Gasteiger partial charge in [-0.05, 0) is 41.5 Å². The van der Waals surface area contributed by atoms with E-state index in [9.17, 15) is 4.79 Å². The molecule has 0 bridgehead atoms. The number of methoxy groups -OCH3 is 1. The maximum Gasteiger partial charge on any atom is 0.164 e. The van der Waals surface area contributed by atoms with Crippen LogP contribution in [0.1, 0.15) is 27.9 Å². The van der Waals surface area contributed by atoms with Crippen LogP contribution in [-0.4, -0.2) is 37.6 Å². The van der Waals surface area contributed by atoms with Crippen LogP contribution in [0, 0.1) is 0 Å². The number of ketones is 1. The summed E-state index contributed by atoms with van der Waals surface area (Å²) in [5.74, 6) is 2.39. The lowest BCUT2D eigenvalue weighted by molar-refractivity contribution is 0.0962. The van der Waals surface area contributed by atoms with Gasteiger partial charge in [-0.3, -0.25) is 9.69 Å². The number of carbonyl (C=O) groups is 1. The predicted molar refractivity (Wildman–Crippen MR) is 93.5 cm³/mol.